The van der Waals surface area contributed by atoms with Crippen molar-refractivity contribution in [2.45, 2.75) is 24.3 Å². The molecule has 0 unspecified atom stereocenters. The molecule has 0 spiro atoms. The summed E-state index contributed by atoms with van der Waals surface area (Å²) < 4.78 is 27.6. The van der Waals surface area contributed by atoms with Gasteiger partial charge in [-0.15, -0.1) is 6.58 Å². The third kappa shape index (κ3) is 2.81. The number of nitrogens with zero attached hydrogens (tertiary/aromatic N) is 1. The highest BCUT2D eigenvalue weighted by atomic mass is 32.2. The summed E-state index contributed by atoms with van der Waals surface area (Å²) in [4.78, 5) is 0.350. The van der Waals surface area contributed by atoms with E-state index in [4.69, 9.17) is 0 Å². The van der Waals surface area contributed by atoms with Crippen LogP contribution in [0.1, 0.15) is 12.0 Å². The second kappa shape index (κ2) is 5.86. The summed E-state index contributed by atoms with van der Waals surface area (Å²) >= 11 is 0. The van der Waals surface area contributed by atoms with Crippen molar-refractivity contribution in [3.63, 3.8) is 0 Å². The van der Waals surface area contributed by atoms with Gasteiger partial charge in [-0.3, -0.25) is 0 Å². The van der Waals surface area contributed by atoms with Gasteiger partial charge in [-0.25, -0.2) is 8.42 Å². The fourth-order valence-corrected chi connectivity index (χ4v) is 4.64. The molecule has 1 aromatic carbocycles. The minimum absolute atomic E-state index is 0.0932. The summed E-state index contributed by atoms with van der Waals surface area (Å²) in [6.45, 7) is 6.01. The standard InChI is InChI=1S/C18H21NO2S/c1-3-12-19(18-7-5-4-6-15-13-17(15)18)22(20,21)16-10-8-14(2)9-11-16/h3-11,15,17-18H,1,12-13H2,2H3/t15-,17+,18-/m1/s1. The summed E-state index contributed by atoms with van der Waals surface area (Å²) in [7, 11) is -3.52. The van der Waals surface area contributed by atoms with E-state index in [2.05, 4.69) is 12.7 Å². The topological polar surface area (TPSA) is 37.4 Å². The van der Waals surface area contributed by atoms with Gasteiger partial charge in [-0.05, 0) is 37.3 Å². The molecule has 0 heterocycles. The molecule has 0 radical (unpaired) electrons. The maximum absolute atomic E-state index is 13.0. The lowest BCUT2D eigenvalue weighted by Crippen LogP contribution is -2.40. The Balaban J connectivity index is 1.96. The lowest BCUT2D eigenvalue weighted by Gasteiger charge is -2.28. The lowest BCUT2D eigenvalue weighted by molar-refractivity contribution is 0.356. The number of allylic oxidation sites excluding steroid dienone is 3. The summed E-state index contributed by atoms with van der Waals surface area (Å²) in [5.74, 6) is 0.885. The minimum atomic E-state index is -3.52. The van der Waals surface area contributed by atoms with Crippen molar-refractivity contribution < 1.29 is 8.42 Å². The Kier molecular flexibility index (Phi) is 4.06. The van der Waals surface area contributed by atoms with Crippen molar-refractivity contribution in [2.75, 3.05) is 6.54 Å². The zero-order chi connectivity index (χ0) is 15.7. The Hall–Kier alpha value is -1.65. The molecule has 0 amide bonds. The molecule has 116 valence electrons. The van der Waals surface area contributed by atoms with E-state index in [9.17, 15) is 8.42 Å². The van der Waals surface area contributed by atoms with E-state index in [1.54, 1.807) is 22.5 Å². The normalized spacial score (nSPS) is 26.5. The van der Waals surface area contributed by atoms with Gasteiger partial charge in [0.05, 0.1) is 4.90 Å². The van der Waals surface area contributed by atoms with Gasteiger partial charge in [-0.1, -0.05) is 48.1 Å². The molecule has 1 aromatic rings. The number of rotatable bonds is 5. The third-order valence-corrected chi connectivity index (χ3v) is 6.25. The average molecular weight is 315 g/mol. The summed E-state index contributed by atoms with van der Waals surface area (Å²) in [6.07, 6.45) is 10.9. The van der Waals surface area contributed by atoms with Crippen LogP contribution in [0.25, 0.3) is 0 Å². The van der Waals surface area contributed by atoms with E-state index in [-0.39, 0.29) is 6.04 Å². The van der Waals surface area contributed by atoms with Crippen LogP contribution in [0.4, 0.5) is 0 Å². The molecule has 1 fully saturated rings. The van der Waals surface area contributed by atoms with E-state index in [0.717, 1.165) is 12.0 Å². The first-order valence-corrected chi connectivity index (χ1v) is 9.02. The number of benzene rings is 1. The van der Waals surface area contributed by atoms with Gasteiger partial charge in [0.2, 0.25) is 10.0 Å². The second-order valence-corrected chi connectivity index (χ2v) is 7.89. The average Bonchev–Trinajstić information content (AvgIpc) is 3.25. The SMILES string of the molecule is C=CCN([C@@H]1C=CC=C[C@@H]2C[C@@H]21)S(=O)(=O)c1ccc(C)cc1. The van der Waals surface area contributed by atoms with Gasteiger partial charge < -0.3 is 0 Å². The number of sulfonamides is 1. The minimum Gasteiger partial charge on any atom is -0.207 e. The maximum atomic E-state index is 13.0. The monoisotopic (exact) mass is 315 g/mol. The molecular formula is C18H21NO2S. The lowest BCUT2D eigenvalue weighted by atomic mass is 10.1. The van der Waals surface area contributed by atoms with Gasteiger partial charge in [0.1, 0.15) is 0 Å². The van der Waals surface area contributed by atoms with E-state index in [0.29, 0.717) is 23.3 Å². The Morgan fingerprint density at radius 2 is 1.91 bits per heavy atom. The molecule has 22 heavy (non-hydrogen) atoms. The highest BCUT2D eigenvalue weighted by Crippen LogP contribution is 2.46. The van der Waals surface area contributed by atoms with Crippen LogP contribution in [0.5, 0.6) is 0 Å². The fourth-order valence-electron chi connectivity index (χ4n) is 3.04. The molecule has 0 aromatic heterocycles. The first-order valence-electron chi connectivity index (χ1n) is 7.58. The maximum Gasteiger partial charge on any atom is 0.243 e. The van der Waals surface area contributed by atoms with Crippen molar-refractivity contribution in [1.29, 1.82) is 0 Å². The van der Waals surface area contributed by atoms with Crippen LogP contribution in [0.2, 0.25) is 0 Å². The van der Waals surface area contributed by atoms with E-state index in [1.807, 2.05) is 37.3 Å². The van der Waals surface area contributed by atoms with Crippen LogP contribution < -0.4 is 0 Å². The quantitative estimate of drug-likeness (QED) is 0.782. The zero-order valence-corrected chi connectivity index (χ0v) is 13.5. The predicted molar refractivity (Wildman–Crippen MR) is 88.9 cm³/mol. The summed E-state index contributed by atoms with van der Waals surface area (Å²) in [6, 6.07) is 6.95. The van der Waals surface area contributed by atoms with Gasteiger partial charge in [0.15, 0.2) is 0 Å². The Bertz CT molecular complexity index is 716. The van der Waals surface area contributed by atoms with Crippen LogP contribution in [0, 0.1) is 18.8 Å². The van der Waals surface area contributed by atoms with Gasteiger partial charge in [-0.2, -0.15) is 4.31 Å². The highest BCUT2D eigenvalue weighted by molar-refractivity contribution is 7.89. The Morgan fingerprint density at radius 1 is 1.23 bits per heavy atom. The molecule has 0 aliphatic heterocycles. The van der Waals surface area contributed by atoms with Crippen LogP contribution in [0.15, 0.2) is 66.1 Å². The number of hydrogen-bond acceptors (Lipinski definition) is 2. The largest absolute Gasteiger partial charge is 0.243 e. The molecule has 2 aliphatic carbocycles. The first-order chi connectivity index (χ1) is 10.5. The van der Waals surface area contributed by atoms with Gasteiger partial charge in [0.25, 0.3) is 0 Å². The van der Waals surface area contributed by atoms with Gasteiger partial charge in [0, 0.05) is 12.6 Å². The van der Waals surface area contributed by atoms with Crippen molar-refractivity contribution in [3.05, 3.63) is 66.8 Å². The number of hydrogen-bond donors (Lipinski definition) is 0. The molecule has 2 aliphatic rings. The molecule has 4 heteroatoms. The highest BCUT2D eigenvalue weighted by Gasteiger charge is 2.46. The molecule has 3 rings (SSSR count). The fraction of sp³-hybridized carbons (Fsp3) is 0.333. The summed E-state index contributed by atoms with van der Waals surface area (Å²) in [5.41, 5.74) is 1.05. The number of fused-ring (bicyclic) bond motifs is 1. The van der Waals surface area contributed by atoms with Crippen molar-refractivity contribution in [2.24, 2.45) is 11.8 Å². The smallest absolute Gasteiger partial charge is 0.207 e. The second-order valence-electron chi connectivity index (χ2n) is 6.00. The number of aryl methyl sites for hydroxylation is 1. The van der Waals surface area contributed by atoms with Crippen LogP contribution in [-0.4, -0.2) is 25.3 Å². The zero-order valence-electron chi connectivity index (χ0n) is 12.7. The van der Waals surface area contributed by atoms with E-state index >= 15 is 0 Å². The van der Waals surface area contributed by atoms with Gasteiger partial charge >= 0.3 is 0 Å². The third-order valence-electron chi connectivity index (χ3n) is 4.38. The van der Waals surface area contributed by atoms with E-state index < -0.39 is 10.0 Å². The molecule has 0 bridgehead atoms. The molecule has 0 N–H and O–H groups in total. The molecule has 0 saturated heterocycles. The van der Waals surface area contributed by atoms with Crippen LogP contribution >= 0.6 is 0 Å². The van der Waals surface area contributed by atoms with Crippen molar-refractivity contribution >= 4 is 10.0 Å². The predicted octanol–water partition coefficient (Wildman–Crippen LogP) is 3.30. The Labute approximate surface area is 132 Å². The first kappa shape index (κ1) is 15.3. The molecule has 1 saturated carbocycles. The van der Waals surface area contributed by atoms with Crippen molar-refractivity contribution in [1.82, 2.24) is 4.31 Å². The Morgan fingerprint density at radius 3 is 2.59 bits per heavy atom. The summed E-state index contributed by atoms with van der Waals surface area (Å²) in [5, 5.41) is 0. The van der Waals surface area contributed by atoms with Crippen LogP contribution in [-0.2, 0) is 10.0 Å². The van der Waals surface area contributed by atoms with Crippen LogP contribution in [0.3, 0.4) is 0 Å². The molecular weight excluding hydrogens is 294 g/mol. The molecule has 3 atom stereocenters. The van der Waals surface area contributed by atoms with E-state index in [1.165, 1.54) is 0 Å². The molecule has 3 nitrogen and oxygen atoms in total. The van der Waals surface area contributed by atoms with Crippen molar-refractivity contribution in [3.8, 4) is 0 Å².